The van der Waals surface area contributed by atoms with E-state index in [0.29, 0.717) is 5.56 Å². The number of amides is 4. The second-order valence-electron chi connectivity index (χ2n) is 30.8. The van der Waals surface area contributed by atoms with Crippen LogP contribution < -0.4 is 9.47 Å². The van der Waals surface area contributed by atoms with Crippen molar-refractivity contribution in [1.29, 1.82) is 0 Å². The molecule has 0 fully saturated rings. The molecule has 0 spiro atoms. The van der Waals surface area contributed by atoms with Gasteiger partial charge >= 0.3 is 60.7 Å². The monoisotopic (exact) mass is 1510 g/mol. The topological polar surface area (TPSA) is 287 Å². The smallest absolute Gasteiger partial charge is 0.479 e. The number of benzene rings is 3. The third-order valence-corrected chi connectivity index (χ3v) is 14.7. The molecular formula is C73H102F8N4O20. The number of likely N-dealkylation sites (N-methyl/N-ethyl adjacent to an activating group) is 4. The van der Waals surface area contributed by atoms with Crippen LogP contribution >= 0.6 is 0 Å². The molecule has 32 heteroatoms. The van der Waals surface area contributed by atoms with Crippen molar-refractivity contribution in [3.8, 4) is 11.5 Å². The Kier molecular flexibility index (Phi) is 33.2. The fourth-order valence-corrected chi connectivity index (χ4v) is 9.61. The molecule has 0 aliphatic heterocycles. The lowest BCUT2D eigenvalue weighted by Crippen LogP contribution is -2.53. The number of hydrogen-bond donors (Lipinski definition) is 1. The molecule has 3 aromatic rings. The second-order valence-corrected chi connectivity index (χ2v) is 30.8. The summed E-state index contributed by atoms with van der Waals surface area (Å²) in [5, 5.41) is 9.25. The molecule has 24 nitrogen and oxygen atoms in total. The lowest BCUT2D eigenvalue weighted by Gasteiger charge is -2.35. The van der Waals surface area contributed by atoms with Gasteiger partial charge in [-0.1, -0.05) is 96.1 Å². The number of carboxylic acids is 1. The molecule has 590 valence electrons. The van der Waals surface area contributed by atoms with Gasteiger partial charge in [-0.05, 0) is 148 Å². The highest BCUT2D eigenvalue weighted by Crippen LogP contribution is 2.32. The zero-order valence-corrected chi connectivity index (χ0v) is 63.6. The highest BCUT2D eigenvalue weighted by atomic mass is 19.4. The van der Waals surface area contributed by atoms with Gasteiger partial charge in [-0.15, -0.1) is 26.3 Å². The maximum absolute atomic E-state index is 15.1. The van der Waals surface area contributed by atoms with Crippen molar-refractivity contribution in [3.63, 3.8) is 0 Å². The van der Waals surface area contributed by atoms with Crippen LogP contribution in [-0.4, -0.2) is 197 Å². The van der Waals surface area contributed by atoms with Gasteiger partial charge in [-0.25, -0.2) is 47.1 Å². The predicted molar refractivity (Wildman–Crippen MR) is 365 cm³/mol. The molecule has 0 aliphatic rings. The lowest BCUT2D eigenvalue weighted by atomic mass is 9.87. The zero-order chi connectivity index (χ0) is 81.1. The molecule has 1 N–H and O–H groups in total. The van der Waals surface area contributed by atoms with Crippen molar-refractivity contribution in [3.05, 3.63) is 95.6 Å². The van der Waals surface area contributed by atoms with Gasteiger partial charge in [0, 0.05) is 53.9 Å². The Morgan fingerprint density at radius 3 is 0.981 bits per heavy atom. The summed E-state index contributed by atoms with van der Waals surface area (Å²) in [7, 11) is 4.86. The number of carboxylic acid groups (broad SMARTS) is 1. The number of carbonyl (C=O) groups is 10. The van der Waals surface area contributed by atoms with Gasteiger partial charge in [-0.3, -0.25) is 19.4 Å². The Labute approximate surface area is 607 Å². The Balaban J connectivity index is 0.000000720. The molecule has 3 aromatic carbocycles. The standard InChI is InChI=1S/C40H54F4N2O10.C33H48F4N2O10/c1-25(33(48)52-24-27-15-13-12-14-16-27)53-34(49)29(22-37(2,3)4)45(10)32(47)31(21-26-17-19-28(20-18-26)55-40(42,43)44)54-35(50)30(23-39(8,9)41)46(11)36(51)56-38(5,6)7;1-19(26(41)42)46-27(43)22(17-30(2,3)4)38(10)25(40)24(16-20-12-14-21(15-13-20)48-33(35,36)37)47-28(44)23(18-32(8,9)34)39(11)29(45)49-31(5,6)7/h12-20,25,29-31H,21-24H2,1-11H3;12-15,19,22-24H,16-18H2,1-11H3,(H,41,42)/t25-,29+,30+,31-;19-,22+,23+,24-/m11/s1. The van der Waals surface area contributed by atoms with Crippen LogP contribution in [0.2, 0.25) is 0 Å². The van der Waals surface area contributed by atoms with Gasteiger partial charge in [0.1, 0.15) is 64.8 Å². The van der Waals surface area contributed by atoms with E-state index >= 15 is 4.39 Å². The number of ether oxygens (including phenoxy) is 9. The summed E-state index contributed by atoms with van der Waals surface area (Å²) >= 11 is 0. The van der Waals surface area contributed by atoms with E-state index in [-0.39, 0.29) is 30.6 Å². The lowest BCUT2D eigenvalue weighted by molar-refractivity contribution is -0.275. The quantitative estimate of drug-likeness (QED) is 0.0368. The summed E-state index contributed by atoms with van der Waals surface area (Å²) < 4.78 is 152. The van der Waals surface area contributed by atoms with Crippen LogP contribution in [0.5, 0.6) is 11.5 Å². The van der Waals surface area contributed by atoms with Crippen LogP contribution in [0.25, 0.3) is 0 Å². The first-order chi connectivity index (χ1) is 47.5. The van der Waals surface area contributed by atoms with E-state index in [9.17, 15) is 83.8 Å². The Hall–Kier alpha value is -9.00. The third-order valence-electron chi connectivity index (χ3n) is 14.7. The molecule has 0 radical (unpaired) electrons. The number of alkyl halides is 8. The second kappa shape index (κ2) is 37.8. The Morgan fingerprint density at radius 1 is 0.390 bits per heavy atom. The van der Waals surface area contributed by atoms with Crippen LogP contribution in [0.3, 0.4) is 0 Å². The van der Waals surface area contributed by atoms with Gasteiger partial charge in [0.25, 0.3) is 11.8 Å². The molecule has 0 aliphatic carbocycles. The minimum atomic E-state index is -4.97. The molecule has 0 bridgehead atoms. The van der Waals surface area contributed by atoms with Gasteiger partial charge in [0.05, 0.1) is 0 Å². The molecule has 4 amide bonds. The molecule has 0 saturated heterocycles. The maximum Gasteiger partial charge on any atom is 0.573 e. The zero-order valence-electron chi connectivity index (χ0n) is 63.6. The van der Waals surface area contributed by atoms with Crippen molar-refractivity contribution in [1.82, 2.24) is 19.6 Å². The molecule has 0 unspecified atom stereocenters. The van der Waals surface area contributed by atoms with Crippen LogP contribution in [-0.2, 0) is 91.0 Å². The molecule has 105 heavy (non-hydrogen) atoms. The molecular weight excluding hydrogens is 1400 g/mol. The van der Waals surface area contributed by atoms with Gasteiger partial charge in [-0.2, -0.15) is 0 Å². The third kappa shape index (κ3) is 35.6. The number of nitrogens with zero attached hydrogens (tertiary/aromatic N) is 4. The largest absolute Gasteiger partial charge is 0.573 e. The number of rotatable bonds is 30. The van der Waals surface area contributed by atoms with Crippen molar-refractivity contribution in [2.24, 2.45) is 10.8 Å². The predicted octanol–water partition coefficient (Wildman–Crippen LogP) is 13.0. The van der Waals surface area contributed by atoms with E-state index in [1.54, 1.807) is 113 Å². The average molecular weight is 1510 g/mol. The van der Waals surface area contributed by atoms with E-state index in [1.807, 2.05) is 0 Å². The maximum atomic E-state index is 15.1. The van der Waals surface area contributed by atoms with Crippen LogP contribution in [0, 0.1) is 10.8 Å². The first-order valence-electron chi connectivity index (χ1n) is 33.3. The van der Waals surface area contributed by atoms with Crippen LogP contribution in [0.1, 0.15) is 167 Å². The highest BCUT2D eigenvalue weighted by Gasteiger charge is 2.45. The number of hydrogen-bond acceptors (Lipinski definition) is 19. The van der Waals surface area contributed by atoms with Gasteiger partial charge in [0.15, 0.2) is 24.4 Å². The fourth-order valence-electron chi connectivity index (χ4n) is 9.61. The molecule has 8 atom stereocenters. The van der Waals surface area contributed by atoms with Crippen LogP contribution in [0.4, 0.5) is 44.7 Å². The van der Waals surface area contributed by atoms with E-state index < -0.39 is 192 Å². The normalized spacial score (nSPS) is 14.6. The summed E-state index contributed by atoms with van der Waals surface area (Å²) in [4.78, 5) is 137. The van der Waals surface area contributed by atoms with Crippen molar-refractivity contribution in [2.45, 2.75) is 254 Å². The van der Waals surface area contributed by atoms with Crippen LogP contribution in [0.15, 0.2) is 78.9 Å². The van der Waals surface area contributed by atoms with E-state index in [4.69, 9.17) is 33.2 Å². The van der Waals surface area contributed by atoms with Crippen molar-refractivity contribution >= 4 is 59.8 Å². The van der Waals surface area contributed by atoms with Crippen molar-refractivity contribution < 1.29 is 131 Å². The van der Waals surface area contributed by atoms with Gasteiger partial charge in [0.2, 0.25) is 0 Å². The first-order valence-corrected chi connectivity index (χ1v) is 33.3. The number of halogens is 8. The highest BCUT2D eigenvalue weighted by molar-refractivity contribution is 5.92. The SMILES string of the molecule is C[C@@H](OC(=O)[C@H](CC(C)(C)C)N(C)C(=O)[C@@H](Cc1ccc(OC(F)(F)F)cc1)OC(=O)[C@H](CC(C)(C)F)N(C)C(=O)OC(C)(C)C)C(=O)O.C[C@@H](OC(=O)[C@H](CC(C)(C)C)N(C)C(=O)[C@@H](Cc1ccc(OC(F)(F)F)cc1)OC(=O)[C@H](CC(C)(C)F)N(C)C(=O)OC(C)(C)C)C(=O)OCc1ccccc1. The summed E-state index contributed by atoms with van der Waals surface area (Å²) in [5.74, 6) is -9.74. The minimum Gasteiger partial charge on any atom is -0.479 e. The Bertz CT molecular complexity index is 3390. The summed E-state index contributed by atoms with van der Waals surface area (Å²) in [6.07, 6.45) is -20.4. The first kappa shape index (κ1) is 92.1. The summed E-state index contributed by atoms with van der Waals surface area (Å²) in [6.45, 7) is 27.2. The van der Waals surface area contributed by atoms with Crippen molar-refractivity contribution in [2.75, 3.05) is 28.2 Å². The minimum absolute atomic E-state index is 0.00402. The summed E-state index contributed by atoms with van der Waals surface area (Å²) in [6, 6.07) is 11.7. The van der Waals surface area contributed by atoms with E-state index in [1.165, 1.54) is 73.2 Å². The number of esters is 5. The van der Waals surface area contributed by atoms with E-state index in [2.05, 4.69) is 9.47 Å². The molecule has 0 heterocycles. The average Bonchev–Trinajstić information content (AvgIpc) is 0.824. The molecule has 0 aromatic heterocycles. The number of carbonyl (C=O) groups excluding carboxylic acids is 9. The molecule has 3 rings (SSSR count). The van der Waals surface area contributed by atoms with E-state index in [0.717, 1.165) is 64.6 Å². The summed E-state index contributed by atoms with van der Waals surface area (Å²) in [5.41, 5.74) is -6.11. The Morgan fingerprint density at radius 2 is 0.695 bits per heavy atom. The fraction of sp³-hybridized carbons (Fsp3) is 0.616. The number of aliphatic carboxylic acids is 1. The molecule has 0 saturated carbocycles. The van der Waals surface area contributed by atoms with Gasteiger partial charge < -0.3 is 57.5 Å².